The third kappa shape index (κ3) is 3.90. The van der Waals surface area contributed by atoms with Gasteiger partial charge < -0.3 is 10.1 Å². The van der Waals surface area contributed by atoms with Crippen molar-refractivity contribution in [3.63, 3.8) is 0 Å². The Morgan fingerprint density at radius 2 is 1.62 bits per heavy atom. The van der Waals surface area contributed by atoms with E-state index in [1.807, 2.05) is 0 Å². The number of thiophene rings is 1. The lowest BCUT2D eigenvalue weighted by Gasteiger charge is -2.14. The number of hydrogen-bond acceptors (Lipinski definition) is 6. The summed E-state index contributed by atoms with van der Waals surface area (Å²) in [7, 11) is 0. The van der Waals surface area contributed by atoms with E-state index in [2.05, 4.69) is 5.32 Å². The van der Waals surface area contributed by atoms with Gasteiger partial charge in [0.2, 0.25) is 5.91 Å². The van der Waals surface area contributed by atoms with Gasteiger partial charge in [0.15, 0.2) is 0 Å². The molecule has 2 heterocycles. The highest BCUT2D eigenvalue weighted by Gasteiger charge is 2.36. The summed E-state index contributed by atoms with van der Waals surface area (Å²) in [6, 6.07) is 11.9. The number of halogens is 1. The summed E-state index contributed by atoms with van der Waals surface area (Å²) in [5.74, 6) is -2.81. The van der Waals surface area contributed by atoms with Gasteiger partial charge in [0.25, 0.3) is 11.8 Å². The fourth-order valence-electron chi connectivity index (χ4n) is 3.39. The molecule has 0 atom stereocenters. The summed E-state index contributed by atoms with van der Waals surface area (Å²) < 4.78 is 18.4. The van der Waals surface area contributed by atoms with Crippen LogP contribution in [-0.4, -0.2) is 41.7 Å². The number of esters is 1. The van der Waals surface area contributed by atoms with Crippen molar-refractivity contribution in [2.75, 3.05) is 18.5 Å². The second kappa shape index (κ2) is 8.72. The predicted molar refractivity (Wildman–Crippen MR) is 116 cm³/mol. The van der Waals surface area contributed by atoms with Crippen LogP contribution in [0.4, 0.5) is 9.39 Å². The Hall–Kier alpha value is -3.85. The van der Waals surface area contributed by atoms with Crippen molar-refractivity contribution >= 4 is 40.0 Å². The third-order valence-corrected chi connectivity index (χ3v) is 5.75. The maximum absolute atomic E-state index is 13.3. The van der Waals surface area contributed by atoms with Crippen molar-refractivity contribution < 1.29 is 28.3 Å². The fourth-order valence-corrected chi connectivity index (χ4v) is 4.36. The Labute approximate surface area is 186 Å². The van der Waals surface area contributed by atoms with E-state index in [9.17, 15) is 23.6 Å². The first kappa shape index (κ1) is 21.4. The molecule has 0 bridgehead atoms. The van der Waals surface area contributed by atoms with E-state index in [4.69, 9.17) is 4.74 Å². The molecule has 0 radical (unpaired) electrons. The maximum Gasteiger partial charge on any atom is 0.341 e. The Kier molecular flexibility index (Phi) is 5.83. The fraction of sp³-hybridized carbons (Fsp3) is 0.130. The molecular formula is C23H17FN2O5S. The van der Waals surface area contributed by atoms with E-state index in [0.29, 0.717) is 11.1 Å². The van der Waals surface area contributed by atoms with E-state index in [1.165, 1.54) is 36.4 Å². The predicted octanol–water partition coefficient (Wildman–Crippen LogP) is 3.97. The molecular weight excluding hydrogens is 435 g/mol. The van der Waals surface area contributed by atoms with Crippen molar-refractivity contribution in [3.05, 3.63) is 76.4 Å². The number of fused-ring (bicyclic) bond motifs is 1. The zero-order valence-corrected chi connectivity index (χ0v) is 17.7. The SMILES string of the molecule is CCOC(=O)c1c(-c2ccc(F)cc2)csc1NC(=O)CN1C(=O)c2ccccc2C1=O. The van der Waals surface area contributed by atoms with Crippen LogP contribution in [-0.2, 0) is 9.53 Å². The Balaban J connectivity index is 1.58. The number of anilines is 1. The van der Waals surface area contributed by atoms with Crippen molar-refractivity contribution in [1.29, 1.82) is 0 Å². The van der Waals surface area contributed by atoms with Crippen molar-refractivity contribution in [1.82, 2.24) is 4.90 Å². The van der Waals surface area contributed by atoms with E-state index >= 15 is 0 Å². The summed E-state index contributed by atoms with van der Waals surface area (Å²) in [5.41, 5.74) is 1.66. The van der Waals surface area contributed by atoms with Crippen molar-refractivity contribution in [2.45, 2.75) is 6.92 Å². The van der Waals surface area contributed by atoms with Gasteiger partial charge >= 0.3 is 5.97 Å². The molecule has 162 valence electrons. The van der Waals surface area contributed by atoms with Crippen LogP contribution in [0.15, 0.2) is 53.9 Å². The van der Waals surface area contributed by atoms with E-state index in [0.717, 1.165) is 16.2 Å². The van der Waals surface area contributed by atoms with Crippen LogP contribution in [0.1, 0.15) is 38.0 Å². The van der Waals surface area contributed by atoms with Crippen molar-refractivity contribution in [3.8, 4) is 11.1 Å². The van der Waals surface area contributed by atoms with Gasteiger partial charge in [-0.05, 0) is 36.8 Å². The van der Waals surface area contributed by atoms with E-state index in [1.54, 1.807) is 24.4 Å². The number of ether oxygens (including phenoxy) is 1. The first-order valence-electron chi connectivity index (χ1n) is 9.70. The average molecular weight is 452 g/mol. The van der Waals surface area contributed by atoms with E-state index in [-0.39, 0.29) is 28.3 Å². The second-order valence-corrected chi connectivity index (χ2v) is 7.75. The summed E-state index contributed by atoms with van der Waals surface area (Å²) in [6.45, 7) is 1.28. The minimum absolute atomic E-state index is 0.124. The average Bonchev–Trinajstić information content (AvgIpc) is 3.30. The molecule has 3 amide bonds. The van der Waals surface area contributed by atoms with Gasteiger partial charge in [-0.2, -0.15) is 0 Å². The van der Waals surface area contributed by atoms with Gasteiger partial charge in [-0.1, -0.05) is 24.3 Å². The molecule has 0 fully saturated rings. The Morgan fingerprint density at radius 1 is 1.00 bits per heavy atom. The highest BCUT2D eigenvalue weighted by molar-refractivity contribution is 7.15. The lowest BCUT2D eigenvalue weighted by molar-refractivity contribution is -0.116. The normalized spacial score (nSPS) is 12.6. The molecule has 1 aliphatic rings. The lowest BCUT2D eigenvalue weighted by Crippen LogP contribution is -2.37. The molecule has 32 heavy (non-hydrogen) atoms. The number of benzene rings is 2. The van der Waals surface area contributed by atoms with Crippen molar-refractivity contribution in [2.24, 2.45) is 0 Å². The standard InChI is InChI=1S/C23H17FN2O5S/c1-2-31-23(30)19-17(13-7-9-14(24)10-8-13)12-32-20(19)25-18(27)11-26-21(28)15-5-3-4-6-16(15)22(26)29/h3-10,12H,2,11H2,1H3,(H,25,27). The molecule has 0 saturated heterocycles. The van der Waals surface area contributed by atoms with Crippen LogP contribution in [0.2, 0.25) is 0 Å². The highest BCUT2D eigenvalue weighted by atomic mass is 32.1. The maximum atomic E-state index is 13.3. The van der Waals surface area contributed by atoms with E-state index < -0.39 is 36.1 Å². The minimum Gasteiger partial charge on any atom is -0.462 e. The number of hydrogen-bond donors (Lipinski definition) is 1. The zero-order chi connectivity index (χ0) is 22.8. The lowest BCUT2D eigenvalue weighted by atomic mass is 10.0. The highest BCUT2D eigenvalue weighted by Crippen LogP contribution is 2.36. The molecule has 9 heteroatoms. The molecule has 7 nitrogen and oxygen atoms in total. The Bertz CT molecular complexity index is 1200. The smallest absolute Gasteiger partial charge is 0.341 e. The summed E-state index contributed by atoms with van der Waals surface area (Å²) >= 11 is 1.09. The summed E-state index contributed by atoms with van der Waals surface area (Å²) in [6.07, 6.45) is 0. The molecule has 4 rings (SSSR count). The third-order valence-electron chi connectivity index (χ3n) is 4.86. The second-order valence-electron chi connectivity index (χ2n) is 6.87. The molecule has 0 aliphatic carbocycles. The molecule has 0 saturated carbocycles. The molecule has 0 unspecified atom stereocenters. The first-order chi connectivity index (χ1) is 15.4. The number of amides is 3. The van der Waals surface area contributed by atoms with Crippen LogP contribution in [0.5, 0.6) is 0 Å². The van der Waals surface area contributed by atoms with Gasteiger partial charge in [0.05, 0.1) is 17.7 Å². The van der Waals surface area contributed by atoms with Gasteiger partial charge in [0.1, 0.15) is 22.9 Å². The van der Waals surface area contributed by atoms with Crippen LogP contribution in [0, 0.1) is 5.82 Å². The number of imide groups is 1. The summed E-state index contributed by atoms with van der Waals surface area (Å²) in [4.78, 5) is 51.1. The molecule has 3 aromatic rings. The van der Waals surface area contributed by atoms with Gasteiger partial charge in [-0.3, -0.25) is 19.3 Å². The number of rotatable bonds is 6. The first-order valence-corrected chi connectivity index (χ1v) is 10.6. The zero-order valence-electron chi connectivity index (χ0n) is 16.9. The quantitative estimate of drug-likeness (QED) is 0.451. The van der Waals surface area contributed by atoms with Crippen LogP contribution < -0.4 is 5.32 Å². The molecule has 2 aromatic carbocycles. The molecule has 0 spiro atoms. The van der Waals surface area contributed by atoms with Gasteiger partial charge in [-0.15, -0.1) is 11.3 Å². The number of nitrogens with one attached hydrogen (secondary N) is 1. The number of nitrogens with zero attached hydrogens (tertiary/aromatic N) is 1. The largest absolute Gasteiger partial charge is 0.462 e. The molecule has 1 N–H and O–H groups in total. The topological polar surface area (TPSA) is 92.8 Å². The number of carbonyl (C=O) groups excluding carboxylic acids is 4. The van der Waals surface area contributed by atoms with Crippen LogP contribution in [0.25, 0.3) is 11.1 Å². The monoisotopic (exact) mass is 452 g/mol. The molecule has 1 aliphatic heterocycles. The van der Waals surface area contributed by atoms with Gasteiger partial charge in [-0.25, -0.2) is 9.18 Å². The molecule has 1 aromatic heterocycles. The number of carbonyl (C=O) groups is 4. The van der Waals surface area contributed by atoms with Crippen LogP contribution in [0.3, 0.4) is 0 Å². The Morgan fingerprint density at radius 3 is 2.22 bits per heavy atom. The minimum atomic E-state index is -0.649. The van der Waals surface area contributed by atoms with Gasteiger partial charge in [0, 0.05) is 10.9 Å². The van der Waals surface area contributed by atoms with Crippen LogP contribution >= 0.6 is 11.3 Å². The summed E-state index contributed by atoms with van der Waals surface area (Å²) in [5, 5.41) is 4.47.